The molecule has 0 bridgehead atoms. The first-order chi connectivity index (χ1) is 4.43. The van der Waals surface area contributed by atoms with E-state index in [1.165, 1.54) is 0 Å². The maximum absolute atomic E-state index is 7.91. The molecule has 0 aromatic heterocycles. The fraction of sp³-hybridized carbons (Fsp3) is 0. The van der Waals surface area contributed by atoms with Gasteiger partial charge in [0.2, 0.25) is 6.61 Å². The van der Waals surface area contributed by atoms with Crippen molar-refractivity contribution in [3.05, 3.63) is 42.5 Å². The molecule has 46 valence electrons. The van der Waals surface area contributed by atoms with Gasteiger partial charge < -0.3 is 0 Å². The van der Waals surface area contributed by atoms with Crippen LogP contribution in [0.15, 0.2) is 30.3 Å². The lowest BCUT2D eigenvalue weighted by Crippen LogP contribution is -1.81. The van der Waals surface area contributed by atoms with Crippen LogP contribution >= 0.6 is 0 Å². The average molecular weight is 122 g/mol. The van der Waals surface area contributed by atoms with Gasteiger partial charge in [-0.15, -0.1) is 0 Å². The van der Waals surface area contributed by atoms with Crippen molar-refractivity contribution >= 4 is 0 Å². The third kappa shape index (κ3) is 1.83. The smallest absolute Gasteiger partial charge is 0.207 e. The molecule has 1 N–H and O–H groups in total. The van der Waals surface area contributed by atoms with Gasteiger partial charge in [-0.3, -0.25) is 5.26 Å². The van der Waals surface area contributed by atoms with Crippen molar-refractivity contribution < 1.29 is 10.1 Å². The van der Waals surface area contributed by atoms with Crippen LogP contribution in [0.2, 0.25) is 0 Å². The molecule has 0 heterocycles. The minimum absolute atomic E-state index is 0.722. The third-order valence-corrected chi connectivity index (χ3v) is 0.937. The Hall–Kier alpha value is -0.860. The Morgan fingerprint density at radius 2 is 1.89 bits per heavy atom. The van der Waals surface area contributed by atoms with E-state index in [1.807, 2.05) is 18.2 Å². The number of hydrogen-bond acceptors (Lipinski definition) is 2. The highest BCUT2D eigenvalue weighted by Gasteiger charge is 1.89. The third-order valence-electron chi connectivity index (χ3n) is 0.937. The predicted molar refractivity (Wildman–Crippen MR) is 32.5 cm³/mol. The first kappa shape index (κ1) is 6.26. The van der Waals surface area contributed by atoms with Gasteiger partial charge in [0, 0.05) is 0 Å². The van der Waals surface area contributed by atoms with Crippen molar-refractivity contribution in [1.82, 2.24) is 0 Å². The zero-order chi connectivity index (χ0) is 6.53. The molecule has 2 heteroatoms. The van der Waals surface area contributed by atoms with Crippen molar-refractivity contribution in [3.8, 4) is 0 Å². The second kappa shape index (κ2) is 3.22. The highest BCUT2D eigenvalue weighted by atomic mass is 17.1. The van der Waals surface area contributed by atoms with Gasteiger partial charge in [0.05, 0.1) is 0 Å². The largest absolute Gasteiger partial charge is 0.251 e. The fourth-order valence-electron chi connectivity index (χ4n) is 0.559. The summed E-state index contributed by atoms with van der Waals surface area (Å²) in [6.07, 6.45) is 0. The summed E-state index contributed by atoms with van der Waals surface area (Å²) in [6.45, 7) is 2.26. The van der Waals surface area contributed by atoms with Crippen LogP contribution < -0.4 is 0 Å². The number of hydrogen-bond donors (Lipinski definition) is 1. The van der Waals surface area contributed by atoms with Gasteiger partial charge in [-0.2, -0.15) is 0 Å². The molecule has 1 aromatic rings. The molecule has 1 rings (SSSR count). The van der Waals surface area contributed by atoms with Crippen LogP contribution in [0.3, 0.4) is 0 Å². The Balaban J connectivity index is 2.61. The van der Waals surface area contributed by atoms with Gasteiger partial charge in [-0.05, 0) is 5.56 Å². The molecule has 0 spiro atoms. The quantitative estimate of drug-likeness (QED) is 0.476. The van der Waals surface area contributed by atoms with Crippen LogP contribution in [-0.2, 0) is 4.89 Å². The molecule has 0 atom stereocenters. The Kier molecular flexibility index (Phi) is 2.24. The molecule has 0 aliphatic rings. The van der Waals surface area contributed by atoms with E-state index in [2.05, 4.69) is 11.5 Å². The molecule has 0 fully saturated rings. The highest BCUT2D eigenvalue weighted by molar-refractivity contribution is 5.19. The van der Waals surface area contributed by atoms with E-state index < -0.39 is 0 Å². The maximum atomic E-state index is 7.91. The Morgan fingerprint density at radius 1 is 1.22 bits per heavy atom. The molecule has 0 aliphatic heterocycles. The summed E-state index contributed by atoms with van der Waals surface area (Å²) in [5, 5.41) is 7.91. The minimum Gasteiger partial charge on any atom is -0.251 e. The van der Waals surface area contributed by atoms with Crippen LogP contribution in [0.4, 0.5) is 0 Å². The van der Waals surface area contributed by atoms with Crippen molar-refractivity contribution in [1.29, 1.82) is 0 Å². The van der Waals surface area contributed by atoms with E-state index in [9.17, 15) is 0 Å². The first-order valence-corrected chi connectivity index (χ1v) is 2.55. The van der Waals surface area contributed by atoms with E-state index in [0.29, 0.717) is 0 Å². The molecular formula is C7H6O2. The number of rotatable bonds is 2. The zero-order valence-electron chi connectivity index (χ0n) is 4.74. The molecule has 1 aromatic carbocycles. The monoisotopic (exact) mass is 122 g/mol. The van der Waals surface area contributed by atoms with Gasteiger partial charge in [0.15, 0.2) is 0 Å². The highest BCUT2D eigenvalue weighted by Crippen LogP contribution is 2.00. The summed E-state index contributed by atoms with van der Waals surface area (Å²) in [5.41, 5.74) is 0.722. The van der Waals surface area contributed by atoms with Gasteiger partial charge in [0.1, 0.15) is 0 Å². The standard InChI is InChI=1S/C7H6O2/c8-9-6-7-4-2-1-3-5-7/h1-5,8H. The average Bonchev–Trinajstić information content (AvgIpc) is 1.91. The molecule has 0 aliphatic carbocycles. The van der Waals surface area contributed by atoms with Crippen LogP contribution in [0, 0.1) is 6.61 Å². The molecule has 0 unspecified atom stereocenters. The van der Waals surface area contributed by atoms with Crippen molar-refractivity contribution in [3.63, 3.8) is 0 Å². The second-order valence-corrected chi connectivity index (χ2v) is 1.56. The van der Waals surface area contributed by atoms with E-state index in [4.69, 9.17) is 5.26 Å². The Morgan fingerprint density at radius 3 is 2.44 bits per heavy atom. The molecule has 0 amide bonds. The van der Waals surface area contributed by atoms with Crippen molar-refractivity contribution in [2.75, 3.05) is 0 Å². The second-order valence-electron chi connectivity index (χ2n) is 1.56. The topological polar surface area (TPSA) is 29.5 Å². The van der Waals surface area contributed by atoms with Crippen LogP contribution in [0.1, 0.15) is 5.56 Å². The summed E-state index contributed by atoms with van der Waals surface area (Å²) in [5.74, 6) is 0. The van der Waals surface area contributed by atoms with Gasteiger partial charge in [-0.25, -0.2) is 4.89 Å². The lowest BCUT2D eigenvalue weighted by atomic mass is 10.2. The normalized spacial score (nSPS) is 9.44. The summed E-state index contributed by atoms with van der Waals surface area (Å²) >= 11 is 0. The molecule has 0 saturated carbocycles. The van der Waals surface area contributed by atoms with E-state index in [0.717, 1.165) is 5.56 Å². The summed E-state index contributed by atoms with van der Waals surface area (Å²) < 4.78 is 0. The van der Waals surface area contributed by atoms with Crippen LogP contribution in [0.5, 0.6) is 0 Å². The van der Waals surface area contributed by atoms with Crippen molar-refractivity contribution in [2.45, 2.75) is 0 Å². The van der Waals surface area contributed by atoms with Gasteiger partial charge >= 0.3 is 0 Å². The number of benzene rings is 1. The predicted octanol–water partition coefficient (Wildman–Crippen LogP) is 1.56. The van der Waals surface area contributed by atoms with Crippen LogP contribution in [0.25, 0.3) is 0 Å². The zero-order valence-corrected chi connectivity index (χ0v) is 4.74. The molecule has 0 saturated heterocycles. The Bertz CT molecular complexity index is 160. The maximum Gasteiger partial charge on any atom is 0.207 e. The molecule has 2 nitrogen and oxygen atoms in total. The van der Waals surface area contributed by atoms with E-state index in [-0.39, 0.29) is 0 Å². The fourth-order valence-corrected chi connectivity index (χ4v) is 0.559. The molecular weight excluding hydrogens is 116 g/mol. The van der Waals surface area contributed by atoms with Gasteiger partial charge in [0.25, 0.3) is 0 Å². The lowest BCUT2D eigenvalue weighted by molar-refractivity contribution is -0.205. The Labute approximate surface area is 53.6 Å². The molecule has 9 heavy (non-hydrogen) atoms. The van der Waals surface area contributed by atoms with Gasteiger partial charge in [-0.1, -0.05) is 30.3 Å². The van der Waals surface area contributed by atoms with Crippen molar-refractivity contribution in [2.24, 2.45) is 0 Å². The minimum atomic E-state index is 0.722. The van der Waals surface area contributed by atoms with Crippen LogP contribution in [-0.4, -0.2) is 5.26 Å². The summed E-state index contributed by atoms with van der Waals surface area (Å²) in [7, 11) is 0. The SMILES string of the molecule is OO[C]c1ccccc1. The first-order valence-electron chi connectivity index (χ1n) is 2.55. The van der Waals surface area contributed by atoms with E-state index in [1.54, 1.807) is 12.1 Å². The molecule has 2 radical (unpaired) electrons. The van der Waals surface area contributed by atoms with E-state index >= 15 is 0 Å². The summed E-state index contributed by atoms with van der Waals surface area (Å²) in [4.78, 5) is 3.68. The lowest BCUT2D eigenvalue weighted by Gasteiger charge is -1.91. The summed E-state index contributed by atoms with van der Waals surface area (Å²) in [6, 6.07) is 9.09.